The third-order valence-corrected chi connectivity index (χ3v) is 2.82. The van der Waals surface area contributed by atoms with Crippen molar-refractivity contribution in [3.63, 3.8) is 0 Å². The minimum Gasteiger partial charge on any atom is -0.387 e. The summed E-state index contributed by atoms with van der Waals surface area (Å²) in [6.07, 6.45) is 0.898. The van der Waals surface area contributed by atoms with Gasteiger partial charge in [-0.3, -0.25) is 4.79 Å². The van der Waals surface area contributed by atoms with Crippen molar-refractivity contribution in [2.24, 2.45) is 0 Å². The molecule has 2 rings (SSSR count). The van der Waals surface area contributed by atoms with E-state index in [1.54, 1.807) is 0 Å². The minimum absolute atomic E-state index is 0.0168. The zero-order valence-corrected chi connectivity index (χ0v) is 9.44. The summed E-state index contributed by atoms with van der Waals surface area (Å²) in [5.74, 6) is 0.0168. The first-order chi connectivity index (χ1) is 6.72. The number of carbonyl (C=O) groups is 1. The molecule has 3 nitrogen and oxygen atoms in total. The maximum absolute atomic E-state index is 11.6. The molecule has 0 aliphatic carbocycles. The molecule has 0 radical (unpaired) electrons. The second-order valence-corrected chi connectivity index (χ2v) is 4.16. The van der Waals surface area contributed by atoms with Gasteiger partial charge in [-0.1, -0.05) is 15.9 Å². The van der Waals surface area contributed by atoms with Crippen LogP contribution in [0.25, 0.3) is 0 Å². The first-order valence-electron chi connectivity index (χ1n) is 4.50. The quantitative estimate of drug-likeness (QED) is 0.803. The normalized spacial score (nSPS) is 14.6. The highest BCUT2D eigenvalue weighted by Gasteiger charge is 2.20. The standard InChI is InChI=1S/C10H11BrN2O/c1-12-8-5-7(11)4-6-2-3-13-10(14)9(6)8/h4-5,12H,2-3H2,1H3,(H,13,14). The Kier molecular flexibility index (Phi) is 2.46. The molecular weight excluding hydrogens is 244 g/mol. The van der Waals surface area contributed by atoms with E-state index in [2.05, 4.69) is 26.6 Å². The van der Waals surface area contributed by atoms with E-state index in [-0.39, 0.29) is 5.91 Å². The fraction of sp³-hybridized carbons (Fsp3) is 0.300. The number of nitrogens with one attached hydrogen (secondary N) is 2. The van der Waals surface area contributed by atoms with Gasteiger partial charge in [0.2, 0.25) is 0 Å². The largest absolute Gasteiger partial charge is 0.387 e. The van der Waals surface area contributed by atoms with Crippen molar-refractivity contribution in [2.45, 2.75) is 6.42 Å². The molecule has 1 aliphatic heterocycles. The van der Waals surface area contributed by atoms with Gasteiger partial charge >= 0.3 is 0 Å². The zero-order chi connectivity index (χ0) is 10.1. The molecule has 0 saturated heterocycles. The first kappa shape index (κ1) is 9.52. The van der Waals surface area contributed by atoms with Gasteiger partial charge in [-0.05, 0) is 24.1 Å². The van der Waals surface area contributed by atoms with Crippen LogP contribution in [-0.2, 0) is 6.42 Å². The molecule has 1 aromatic carbocycles. The van der Waals surface area contributed by atoms with Crippen LogP contribution in [0.2, 0.25) is 0 Å². The van der Waals surface area contributed by atoms with Gasteiger partial charge < -0.3 is 10.6 Å². The highest BCUT2D eigenvalue weighted by Crippen LogP contribution is 2.27. The van der Waals surface area contributed by atoms with E-state index in [0.717, 1.165) is 34.3 Å². The van der Waals surface area contributed by atoms with Crippen LogP contribution in [0.4, 0.5) is 5.69 Å². The summed E-state index contributed by atoms with van der Waals surface area (Å²) in [5, 5.41) is 5.87. The zero-order valence-electron chi connectivity index (χ0n) is 7.86. The van der Waals surface area contributed by atoms with Crippen molar-refractivity contribution in [3.05, 3.63) is 27.7 Å². The number of halogens is 1. The fourth-order valence-electron chi connectivity index (χ4n) is 1.72. The first-order valence-corrected chi connectivity index (χ1v) is 5.30. The Labute approximate surface area is 91.0 Å². The molecule has 1 aliphatic rings. The van der Waals surface area contributed by atoms with Crippen molar-refractivity contribution in [1.29, 1.82) is 0 Å². The molecule has 0 aromatic heterocycles. The fourth-order valence-corrected chi connectivity index (χ4v) is 2.23. The van der Waals surface area contributed by atoms with Gasteiger partial charge in [0, 0.05) is 23.8 Å². The Bertz CT molecular complexity index is 373. The van der Waals surface area contributed by atoms with E-state index in [1.165, 1.54) is 0 Å². The summed E-state index contributed by atoms with van der Waals surface area (Å²) in [6, 6.07) is 3.93. The summed E-state index contributed by atoms with van der Waals surface area (Å²) >= 11 is 3.43. The molecular formula is C10H11BrN2O. The predicted molar refractivity (Wildman–Crippen MR) is 59.7 cm³/mol. The highest BCUT2D eigenvalue weighted by atomic mass is 79.9. The second kappa shape index (κ2) is 3.61. The van der Waals surface area contributed by atoms with Crippen LogP contribution in [-0.4, -0.2) is 19.5 Å². The lowest BCUT2D eigenvalue weighted by atomic mass is 9.99. The number of carbonyl (C=O) groups excluding carboxylic acids is 1. The molecule has 0 fully saturated rings. The van der Waals surface area contributed by atoms with Crippen molar-refractivity contribution < 1.29 is 4.79 Å². The van der Waals surface area contributed by atoms with E-state index in [4.69, 9.17) is 0 Å². The third kappa shape index (κ3) is 1.50. The highest BCUT2D eigenvalue weighted by molar-refractivity contribution is 9.10. The van der Waals surface area contributed by atoms with Gasteiger partial charge in [0.15, 0.2) is 0 Å². The summed E-state index contributed by atoms with van der Waals surface area (Å²) in [4.78, 5) is 11.6. The van der Waals surface area contributed by atoms with Gasteiger partial charge in [-0.25, -0.2) is 0 Å². The van der Waals surface area contributed by atoms with Crippen molar-refractivity contribution >= 4 is 27.5 Å². The molecule has 2 N–H and O–H groups in total. The number of anilines is 1. The lowest BCUT2D eigenvalue weighted by Crippen LogP contribution is -2.32. The molecule has 0 saturated carbocycles. The number of fused-ring (bicyclic) bond motifs is 1. The number of amides is 1. The van der Waals surface area contributed by atoms with Crippen LogP contribution in [0, 0.1) is 0 Å². The van der Waals surface area contributed by atoms with E-state index in [9.17, 15) is 4.79 Å². The van der Waals surface area contributed by atoms with Crippen molar-refractivity contribution in [3.8, 4) is 0 Å². The average molecular weight is 255 g/mol. The third-order valence-electron chi connectivity index (χ3n) is 2.36. The molecule has 74 valence electrons. The number of rotatable bonds is 1. The maximum Gasteiger partial charge on any atom is 0.253 e. The van der Waals surface area contributed by atoms with Gasteiger partial charge in [0.25, 0.3) is 5.91 Å². The van der Waals surface area contributed by atoms with Gasteiger partial charge in [-0.15, -0.1) is 0 Å². The summed E-state index contributed by atoms with van der Waals surface area (Å²) in [6.45, 7) is 0.728. The molecule has 0 bridgehead atoms. The molecule has 4 heteroatoms. The van der Waals surface area contributed by atoms with Crippen LogP contribution < -0.4 is 10.6 Å². The predicted octanol–water partition coefficient (Wildman–Crippen LogP) is 1.78. The number of hydrogen-bond donors (Lipinski definition) is 2. The van der Waals surface area contributed by atoms with Crippen molar-refractivity contribution in [2.75, 3.05) is 18.9 Å². The van der Waals surface area contributed by atoms with Crippen molar-refractivity contribution in [1.82, 2.24) is 5.32 Å². The average Bonchev–Trinajstić information content (AvgIpc) is 2.16. The Balaban J connectivity index is 2.61. The molecule has 1 aromatic rings. The molecule has 1 heterocycles. The molecule has 14 heavy (non-hydrogen) atoms. The number of hydrogen-bond acceptors (Lipinski definition) is 2. The monoisotopic (exact) mass is 254 g/mol. The minimum atomic E-state index is 0.0168. The van der Waals surface area contributed by atoms with Crippen LogP contribution in [0.1, 0.15) is 15.9 Å². The van der Waals surface area contributed by atoms with Crippen LogP contribution in [0.3, 0.4) is 0 Å². The summed E-state index contributed by atoms with van der Waals surface area (Å²) < 4.78 is 1.01. The molecule has 0 unspecified atom stereocenters. The Morgan fingerprint density at radius 2 is 2.29 bits per heavy atom. The number of benzene rings is 1. The van der Waals surface area contributed by atoms with Gasteiger partial charge in [0.1, 0.15) is 0 Å². The summed E-state index contributed by atoms with van der Waals surface area (Å²) in [7, 11) is 1.82. The van der Waals surface area contributed by atoms with Crippen LogP contribution in [0.5, 0.6) is 0 Å². The smallest absolute Gasteiger partial charge is 0.253 e. The second-order valence-electron chi connectivity index (χ2n) is 3.24. The van der Waals surface area contributed by atoms with E-state index in [1.807, 2.05) is 19.2 Å². The van der Waals surface area contributed by atoms with Gasteiger partial charge in [-0.2, -0.15) is 0 Å². The van der Waals surface area contributed by atoms with Crippen LogP contribution >= 0.6 is 15.9 Å². The maximum atomic E-state index is 11.6. The van der Waals surface area contributed by atoms with E-state index < -0.39 is 0 Å². The Morgan fingerprint density at radius 1 is 1.50 bits per heavy atom. The molecule has 0 atom stereocenters. The molecule has 0 spiro atoms. The SMILES string of the molecule is CNc1cc(Br)cc2c1C(=O)NCC2. The summed E-state index contributed by atoms with van der Waals surface area (Å²) in [5.41, 5.74) is 2.76. The van der Waals surface area contributed by atoms with E-state index in [0.29, 0.717) is 0 Å². The van der Waals surface area contributed by atoms with Crippen LogP contribution in [0.15, 0.2) is 16.6 Å². The Hall–Kier alpha value is -1.03. The lowest BCUT2D eigenvalue weighted by molar-refractivity contribution is 0.0947. The van der Waals surface area contributed by atoms with E-state index >= 15 is 0 Å². The molecule has 1 amide bonds. The Morgan fingerprint density at radius 3 is 3.00 bits per heavy atom. The lowest BCUT2D eigenvalue weighted by Gasteiger charge is -2.19. The topological polar surface area (TPSA) is 41.1 Å². The van der Waals surface area contributed by atoms with Gasteiger partial charge in [0.05, 0.1) is 5.56 Å².